The van der Waals surface area contributed by atoms with Crippen molar-refractivity contribution in [1.82, 2.24) is 0 Å². The predicted octanol–water partition coefficient (Wildman–Crippen LogP) is 6.37. The zero-order chi connectivity index (χ0) is 25.1. The number of fused-ring (bicyclic) bond motifs is 5. The van der Waals surface area contributed by atoms with E-state index in [4.69, 9.17) is 4.74 Å². The van der Waals surface area contributed by atoms with Crippen molar-refractivity contribution in [3.8, 4) is 0 Å². The molecule has 0 aromatic rings. The van der Waals surface area contributed by atoms with E-state index in [-0.39, 0.29) is 29.0 Å². The summed E-state index contributed by atoms with van der Waals surface area (Å²) in [5.74, 6) is 3.35. The molecule has 4 saturated carbocycles. The summed E-state index contributed by atoms with van der Waals surface area (Å²) >= 11 is 0. The molecule has 0 heterocycles. The summed E-state index contributed by atoms with van der Waals surface area (Å²) in [6.45, 7) is 15.4. The van der Waals surface area contributed by atoms with Crippen molar-refractivity contribution in [1.29, 1.82) is 0 Å². The van der Waals surface area contributed by atoms with Crippen LogP contribution >= 0.6 is 0 Å². The van der Waals surface area contributed by atoms with Crippen LogP contribution in [-0.4, -0.2) is 34.0 Å². The first-order chi connectivity index (χ1) is 15.8. The van der Waals surface area contributed by atoms with E-state index in [2.05, 4.69) is 27.7 Å². The van der Waals surface area contributed by atoms with Crippen molar-refractivity contribution in [2.24, 2.45) is 52.3 Å². The van der Waals surface area contributed by atoms with Crippen LogP contribution in [0.25, 0.3) is 0 Å². The highest BCUT2D eigenvalue weighted by atomic mass is 16.6. The van der Waals surface area contributed by atoms with E-state index >= 15 is 0 Å². The number of rotatable bonds is 5. The molecule has 4 fully saturated rings. The Bertz CT molecular complexity index is 743. The van der Waals surface area contributed by atoms with Crippen LogP contribution in [0.4, 0.5) is 0 Å². The molecule has 196 valence electrons. The average molecular weight is 477 g/mol. The number of carbonyl (C=O) groups is 1. The van der Waals surface area contributed by atoms with E-state index in [0.29, 0.717) is 47.8 Å². The SMILES string of the molecule is CC[C@@H]1C2C[C@H](O)CC[C@]2(C)[C@H]2CC[C@]3(C)[C@@H]([C@H](C)CCC(=O)OC(C)(C)C)CC[C@H]3[C@@H]2[C@@H]1O. The maximum Gasteiger partial charge on any atom is 0.306 e. The van der Waals surface area contributed by atoms with E-state index in [1.54, 1.807) is 0 Å². The van der Waals surface area contributed by atoms with E-state index in [1.165, 1.54) is 25.7 Å². The van der Waals surface area contributed by atoms with Gasteiger partial charge < -0.3 is 14.9 Å². The van der Waals surface area contributed by atoms with Crippen molar-refractivity contribution in [2.45, 2.75) is 130 Å². The summed E-state index contributed by atoms with van der Waals surface area (Å²) in [7, 11) is 0. The Balaban J connectivity index is 1.51. The lowest BCUT2D eigenvalue weighted by atomic mass is 9.41. The molecular weight excluding hydrogens is 424 g/mol. The molecule has 4 nitrogen and oxygen atoms in total. The molecule has 1 unspecified atom stereocenters. The topological polar surface area (TPSA) is 66.8 Å². The minimum absolute atomic E-state index is 0.0744. The van der Waals surface area contributed by atoms with Crippen molar-refractivity contribution in [3.63, 3.8) is 0 Å². The normalized spacial score (nSPS) is 47.3. The van der Waals surface area contributed by atoms with Gasteiger partial charge in [-0.25, -0.2) is 0 Å². The standard InChI is InChI=1S/C30H52O4/c1-8-20-24-17-19(31)13-15-30(24,7)23-14-16-29(6)21(10-11-22(29)26(23)27(20)33)18(2)9-12-25(32)34-28(3,4)5/h18-24,26-27,31,33H,8-17H2,1-7H3/t18-,19-,20-,21-,22+,23+,24?,26+,27-,29-,30-/m1/s1. The molecule has 2 N–H and O–H groups in total. The fraction of sp³-hybridized carbons (Fsp3) is 0.967. The largest absolute Gasteiger partial charge is 0.460 e. The second kappa shape index (κ2) is 9.36. The molecule has 11 atom stereocenters. The minimum atomic E-state index is -0.417. The molecule has 0 radical (unpaired) electrons. The monoisotopic (exact) mass is 476 g/mol. The average Bonchev–Trinajstić information content (AvgIpc) is 3.09. The van der Waals surface area contributed by atoms with Gasteiger partial charge in [-0.1, -0.05) is 34.1 Å². The van der Waals surface area contributed by atoms with Gasteiger partial charge in [-0.15, -0.1) is 0 Å². The molecule has 0 aromatic carbocycles. The molecule has 0 amide bonds. The second-order valence-corrected chi connectivity index (χ2v) is 14.2. The number of hydrogen-bond donors (Lipinski definition) is 2. The highest BCUT2D eigenvalue weighted by molar-refractivity contribution is 5.69. The Morgan fingerprint density at radius 2 is 1.65 bits per heavy atom. The summed E-state index contributed by atoms with van der Waals surface area (Å²) in [6, 6.07) is 0. The summed E-state index contributed by atoms with van der Waals surface area (Å²) in [6.07, 6.45) is 9.80. The highest BCUT2D eigenvalue weighted by Gasteiger charge is 2.64. The molecule has 0 saturated heterocycles. The lowest BCUT2D eigenvalue weighted by Gasteiger charge is -2.64. The zero-order valence-electron chi connectivity index (χ0n) is 23.0. The van der Waals surface area contributed by atoms with Crippen LogP contribution in [0.15, 0.2) is 0 Å². The summed E-state index contributed by atoms with van der Waals surface area (Å²) < 4.78 is 5.57. The molecule has 4 aliphatic carbocycles. The maximum atomic E-state index is 12.4. The Hall–Kier alpha value is -0.610. The Morgan fingerprint density at radius 3 is 2.29 bits per heavy atom. The summed E-state index contributed by atoms with van der Waals surface area (Å²) in [4.78, 5) is 12.4. The Morgan fingerprint density at radius 1 is 1.00 bits per heavy atom. The first-order valence-electron chi connectivity index (χ1n) is 14.4. The van der Waals surface area contributed by atoms with Gasteiger partial charge >= 0.3 is 5.97 Å². The number of aliphatic hydroxyl groups is 2. The third kappa shape index (κ3) is 4.49. The van der Waals surface area contributed by atoms with E-state index in [0.717, 1.165) is 32.1 Å². The number of hydrogen-bond acceptors (Lipinski definition) is 4. The van der Waals surface area contributed by atoms with Gasteiger partial charge in [-0.2, -0.15) is 0 Å². The van der Waals surface area contributed by atoms with Gasteiger partial charge in [-0.3, -0.25) is 4.79 Å². The Kier molecular flexibility index (Phi) is 7.28. The van der Waals surface area contributed by atoms with Gasteiger partial charge in [-0.05, 0) is 124 Å². The van der Waals surface area contributed by atoms with E-state index < -0.39 is 5.60 Å². The quantitative estimate of drug-likeness (QED) is 0.452. The van der Waals surface area contributed by atoms with Crippen molar-refractivity contribution in [2.75, 3.05) is 0 Å². The molecule has 4 aliphatic rings. The molecule has 0 aromatic heterocycles. The first kappa shape index (κ1) is 26.5. The lowest BCUT2D eigenvalue weighted by Crippen LogP contribution is -2.62. The van der Waals surface area contributed by atoms with Gasteiger partial charge in [0, 0.05) is 6.42 Å². The smallest absolute Gasteiger partial charge is 0.306 e. The van der Waals surface area contributed by atoms with Gasteiger partial charge in [0.15, 0.2) is 0 Å². The maximum absolute atomic E-state index is 12.4. The fourth-order valence-electron chi connectivity index (χ4n) is 9.87. The number of carbonyl (C=O) groups excluding carboxylic acids is 1. The number of aliphatic hydroxyl groups excluding tert-OH is 2. The van der Waals surface area contributed by atoms with Gasteiger partial charge in [0.2, 0.25) is 0 Å². The molecule has 4 heteroatoms. The van der Waals surface area contributed by atoms with E-state index in [1.807, 2.05) is 20.8 Å². The molecule has 0 bridgehead atoms. The van der Waals surface area contributed by atoms with Crippen LogP contribution in [0.5, 0.6) is 0 Å². The van der Waals surface area contributed by atoms with Gasteiger partial charge in [0.1, 0.15) is 5.60 Å². The van der Waals surface area contributed by atoms with Crippen LogP contribution < -0.4 is 0 Å². The summed E-state index contributed by atoms with van der Waals surface area (Å²) in [5, 5.41) is 22.3. The van der Waals surface area contributed by atoms with Crippen LogP contribution in [0.2, 0.25) is 0 Å². The Labute approximate surface area is 208 Å². The fourth-order valence-corrected chi connectivity index (χ4v) is 9.87. The van der Waals surface area contributed by atoms with Crippen LogP contribution in [0.1, 0.15) is 113 Å². The molecule has 34 heavy (non-hydrogen) atoms. The molecular formula is C30H52O4. The highest BCUT2D eigenvalue weighted by Crippen LogP contribution is 2.69. The number of esters is 1. The van der Waals surface area contributed by atoms with Crippen LogP contribution in [0.3, 0.4) is 0 Å². The van der Waals surface area contributed by atoms with E-state index in [9.17, 15) is 15.0 Å². The van der Waals surface area contributed by atoms with Crippen LogP contribution in [-0.2, 0) is 9.53 Å². The minimum Gasteiger partial charge on any atom is -0.460 e. The summed E-state index contributed by atoms with van der Waals surface area (Å²) in [5.41, 5.74) is 0.0932. The lowest BCUT2D eigenvalue weighted by molar-refractivity contribution is -0.203. The van der Waals surface area contributed by atoms with Crippen molar-refractivity contribution < 1.29 is 19.7 Å². The zero-order valence-corrected chi connectivity index (χ0v) is 23.0. The molecule has 4 rings (SSSR count). The predicted molar refractivity (Wildman–Crippen MR) is 136 cm³/mol. The van der Waals surface area contributed by atoms with Gasteiger partial charge in [0.05, 0.1) is 12.2 Å². The van der Waals surface area contributed by atoms with Crippen molar-refractivity contribution in [3.05, 3.63) is 0 Å². The third-order valence-electron chi connectivity index (χ3n) is 11.4. The third-order valence-corrected chi connectivity index (χ3v) is 11.4. The second-order valence-electron chi connectivity index (χ2n) is 14.2. The number of ether oxygens (including phenoxy) is 1. The first-order valence-corrected chi connectivity index (χ1v) is 14.4. The van der Waals surface area contributed by atoms with Crippen molar-refractivity contribution >= 4 is 5.97 Å². The molecule has 0 aliphatic heterocycles. The molecule has 0 spiro atoms. The van der Waals surface area contributed by atoms with Crippen LogP contribution in [0, 0.1) is 52.3 Å². The van der Waals surface area contributed by atoms with Gasteiger partial charge in [0.25, 0.3) is 0 Å².